The zero-order chi connectivity index (χ0) is 22.7. The van der Waals surface area contributed by atoms with E-state index in [1.54, 1.807) is 24.0 Å². The number of rotatable bonds is 3. The highest BCUT2D eigenvalue weighted by molar-refractivity contribution is 8.09. The van der Waals surface area contributed by atoms with Crippen LogP contribution in [0.15, 0.2) is 30.6 Å². The predicted octanol–water partition coefficient (Wildman–Crippen LogP) is 3.66. The van der Waals surface area contributed by atoms with Crippen molar-refractivity contribution in [2.24, 2.45) is 7.05 Å². The van der Waals surface area contributed by atoms with E-state index in [2.05, 4.69) is 15.4 Å². The number of nitrogens with one attached hydrogen (secondary N) is 1. The number of pyridine rings is 1. The fourth-order valence-corrected chi connectivity index (χ4v) is 5.57. The van der Waals surface area contributed by atoms with Gasteiger partial charge in [0.1, 0.15) is 10.8 Å². The monoisotopic (exact) mass is 473 g/mol. The average molecular weight is 474 g/mol. The summed E-state index contributed by atoms with van der Waals surface area (Å²) in [7, 11) is 3.15. The van der Waals surface area contributed by atoms with Crippen LogP contribution in [0.2, 0.25) is 5.02 Å². The van der Waals surface area contributed by atoms with Crippen LogP contribution in [-0.4, -0.2) is 45.1 Å². The molecule has 1 saturated heterocycles. The van der Waals surface area contributed by atoms with E-state index in [0.29, 0.717) is 27.1 Å². The Hall–Kier alpha value is -3.11. The Morgan fingerprint density at radius 1 is 1.28 bits per heavy atom. The molecular formula is C21H17ClFN5O3S. The first-order valence-electron chi connectivity index (χ1n) is 9.63. The number of carbonyl (C=O) groups excluding carboxylic acids is 2. The quantitative estimate of drug-likeness (QED) is 0.624. The van der Waals surface area contributed by atoms with E-state index in [4.69, 9.17) is 16.3 Å². The van der Waals surface area contributed by atoms with Gasteiger partial charge in [-0.15, -0.1) is 11.8 Å². The number of aromatic nitrogens is 3. The largest absolute Gasteiger partial charge is 0.494 e. The van der Waals surface area contributed by atoms with Gasteiger partial charge >= 0.3 is 6.03 Å². The lowest BCUT2D eigenvalue weighted by atomic mass is 10.1. The highest BCUT2D eigenvalue weighted by Crippen LogP contribution is 2.46. The Balaban J connectivity index is 1.52. The molecule has 2 aromatic heterocycles. The van der Waals surface area contributed by atoms with Gasteiger partial charge in [-0.25, -0.2) is 14.1 Å². The van der Waals surface area contributed by atoms with Gasteiger partial charge in [0.15, 0.2) is 11.6 Å². The van der Waals surface area contributed by atoms with E-state index in [0.717, 1.165) is 10.6 Å². The number of amides is 3. The lowest BCUT2D eigenvalue weighted by Crippen LogP contribution is -2.60. The molecule has 0 saturated carbocycles. The number of nitrogens with zero attached hydrogens (tertiary/aromatic N) is 4. The molecule has 2 unspecified atom stereocenters. The number of anilines is 1. The SMILES string of the molecule is COc1cc(C2=CC3NC(=O)N(c4cncc5nn(C)c(C)c45)C(=O)C3S2)c(Cl)cc1F. The maximum Gasteiger partial charge on any atom is 0.329 e. The third kappa shape index (κ3) is 3.05. The van der Waals surface area contributed by atoms with Crippen molar-refractivity contribution in [1.29, 1.82) is 0 Å². The maximum absolute atomic E-state index is 14.0. The zero-order valence-corrected chi connectivity index (χ0v) is 18.8. The number of fused-ring (bicyclic) bond motifs is 2. The number of carbonyl (C=O) groups is 2. The van der Waals surface area contributed by atoms with E-state index in [1.807, 2.05) is 6.92 Å². The molecule has 11 heteroatoms. The third-order valence-electron chi connectivity index (χ3n) is 5.63. The van der Waals surface area contributed by atoms with Gasteiger partial charge in [-0.3, -0.25) is 14.5 Å². The normalized spacial score (nSPS) is 20.4. The van der Waals surface area contributed by atoms with Gasteiger partial charge < -0.3 is 10.1 Å². The molecule has 0 radical (unpaired) electrons. The first-order valence-corrected chi connectivity index (χ1v) is 10.9. The summed E-state index contributed by atoms with van der Waals surface area (Å²) in [5.41, 5.74) is 2.31. The van der Waals surface area contributed by atoms with Gasteiger partial charge in [0.05, 0.1) is 41.6 Å². The molecule has 32 heavy (non-hydrogen) atoms. The van der Waals surface area contributed by atoms with Gasteiger partial charge in [-0.2, -0.15) is 5.10 Å². The summed E-state index contributed by atoms with van der Waals surface area (Å²) in [6, 6.07) is 1.58. The van der Waals surface area contributed by atoms with Crippen LogP contribution in [0.5, 0.6) is 5.75 Å². The second-order valence-corrected chi connectivity index (χ2v) is 9.04. The fourth-order valence-electron chi connectivity index (χ4n) is 3.96. The van der Waals surface area contributed by atoms with E-state index in [1.165, 1.54) is 37.2 Å². The molecule has 0 aliphatic carbocycles. The van der Waals surface area contributed by atoms with Gasteiger partial charge in [0.2, 0.25) is 0 Å². The van der Waals surface area contributed by atoms with Crippen molar-refractivity contribution in [1.82, 2.24) is 20.1 Å². The molecule has 164 valence electrons. The van der Waals surface area contributed by atoms with Crippen molar-refractivity contribution in [3.63, 3.8) is 0 Å². The summed E-state index contributed by atoms with van der Waals surface area (Å²) in [6.45, 7) is 1.86. The van der Waals surface area contributed by atoms with E-state index in [-0.39, 0.29) is 16.7 Å². The van der Waals surface area contributed by atoms with Crippen molar-refractivity contribution in [3.8, 4) is 5.75 Å². The van der Waals surface area contributed by atoms with Crippen LogP contribution in [-0.2, 0) is 11.8 Å². The molecule has 2 aliphatic rings. The molecule has 4 heterocycles. The van der Waals surface area contributed by atoms with Crippen molar-refractivity contribution in [2.45, 2.75) is 18.2 Å². The van der Waals surface area contributed by atoms with Crippen LogP contribution in [0.1, 0.15) is 11.3 Å². The highest BCUT2D eigenvalue weighted by Gasteiger charge is 2.46. The van der Waals surface area contributed by atoms with E-state index in [9.17, 15) is 14.0 Å². The van der Waals surface area contributed by atoms with Gasteiger partial charge in [0.25, 0.3) is 5.91 Å². The van der Waals surface area contributed by atoms with Crippen molar-refractivity contribution < 1.29 is 18.7 Å². The first kappa shape index (κ1) is 20.8. The number of thioether (sulfide) groups is 1. The molecular weight excluding hydrogens is 457 g/mol. The number of aryl methyl sites for hydroxylation is 2. The lowest BCUT2D eigenvalue weighted by Gasteiger charge is -2.33. The van der Waals surface area contributed by atoms with Crippen molar-refractivity contribution in [3.05, 3.63) is 52.7 Å². The van der Waals surface area contributed by atoms with Gasteiger partial charge in [-0.1, -0.05) is 11.6 Å². The van der Waals surface area contributed by atoms with Crippen LogP contribution >= 0.6 is 23.4 Å². The fraction of sp³-hybridized carbons (Fsp3) is 0.238. The molecule has 0 bridgehead atoms. The summed E-state index contributed by atoms with van der Waals surface area (Å²) in [5, 5.41) is 7.52. The summed E-state index contributed by atoms with van der Waals surface area (Å²) in [6.07, 6.45) is 4.84. The Bertz CT molecular complexity index is 1340. The van der Waals surface area contributed by atoms with E-state index < -0.39 is 23.1 Å². The van der Waals surface area contributed by atoms with Crippen LogP contribution in [0, 0.1) is 12.7 Å². The van der Waals surface area contributed by atoms with Gasteiger partial charge in [-0.05, 0) is 25.1 Å². The smallest absolute Gasteiger partial charge is 0.329 e. The van der Waals surface area contributed by atoms with Crippen molar-refractivity contribution >= 4 is 56.8 Å². The molecule has 2 aliphatic heterocycles. The predicted molar refractivity (Wildman–Crippen MR) is 120 cm³/mol. The Morgan fingerprint density at radius 3 is 2.81 bits per heavy atom. The lowest BCUT2D eigenvalue weighted by molar-refractivity contribution is -0.118. The minimum absolute atomic E-state index is 0.0440. The zero-order valence-electron chi connectivity index (χ0n) is 17.2. The molecule has 5 rings (SSSR count). The molecule has 0 spiro atoms. The third-order valence-corrected chi connectivity index (χ3v) is 7.30. The molecule has 3 amide bonds. The molecule has 1 fully saturated rings. The number of imide groups is 1. The Morgan fingerprint density at radius 2 is 2.06 bits per heavy atom. The highest BCUT2D eigenvalue weighted by atomic mass is 35.5. The summed E-state index contributed by atoms with van der Waals surface area (Å²) in [5.74, 6) is -0.912. The number of benzene rings is 1. The number of ether oxygens (including phenoxy) is 1. The van der Waals surface area contributed by atoms with Gasteiger partial charge in [0, 0.05) is 23.2 Å². The van der Waals surface area contributed by atoms with Crippen LogP contribution in [0.3, 0.4) is 0 Å². The Kier molecular flexibility index (Phi) is 4.86. The second-order valence-electron chi connectivity index (χ2n) is 7.45. The number of halogens is 2. The Labute approximate surface area is 191 Å². The molecule has 8 nitrogen and oxygen atoms in total. The molecule has 2 atom stereocenters. The number of hydrogen-bond acceptors (Lipinski definition) is 6. The summed E-state index contributed by atoms with van der Waals surface area (Å²) < 4.78 is 20.7. The van der Waals surface area contributed by atoms with Crippen LogP contribution in [0.25, 0.3) is 15.8 Å². The minimum Gasteiger partial charge on any atom is -0.494 e. The summed E-state index contributed by atoms with van der Waals surface area (Å²) >= 11 is 7.52. The molecule has 1 aromatic carbocycles. The maximum atomic E-state index is 14.0. The minimum atomic E-state index is -0.609. The first-order chi connectivity index (χ1) is 15.3. The number of urea groups is 1. The topological polar surface area (TPSA) is 89.3 Å². The molecule has 1 N–H and O–H groups in total. The van der Waals surface area contributed by atoms with Crippen LogP contribution in [0.4, 0.5) is 14.9 Å². The van der Waals surface area contributed by atoms with Crippen molar-refractivity contribution in [2.75, 3.05) is 12.0 Å². The second kappa shape index (κ2) is 7.49. The summed E-state index contributed by atoms with van der Waals surface area (Å²) in [4.78, 5) is 32.4. The number of methoxy groups -OCH3 is 1. The van der Waals surface area contributed by atoms with E-state index >= 15 is 0 Å². The average Bonchev–Trinajstić information content (AvgIpc) is 3.29. The standard InChI is InChI=1S/C21H17ClFN5O3S/c1-9-18-14(26-27(9)2)7-24-8-15(18)28-20(29)19-13(25-21(28)30)6-17(32-19)10-4-16(31-3)12(23)5-11(10)22/h4-8,13,19H,1-3H3,(H,25,30). The van der Waals surface area contributed by atoms with Crippen LogP contribution < -0.4 is 15.0 Å². The molecule has 3 aromatic rings. The number of hydrogen-bond donors (Lipinski definition) is 1.